The number of anilines is 2. The lowest BCUT2D eigenvalue weighted by atomic mass is 10.1. The van der Waals surface area contributed by atoms with Gasteiger partial charge in [0.2, 0.25) is 0 Å². The number of halogens is 3. The van der Waals surface area contributed by atoms with E-state index >= 15 is 0 Å². The van der Waals surface area contributed by atoms with Crippen LogP contribution in [0.3, 0.4) is 0 Å². The first-order valence-corrected chi connectivity index (χ1v) is 9.58. The van der Waals surface area contributed by atoms with Crippen LogP contribution in [-0.2, 0) is 28.7 Å². The van der Waals surface area contributed by atoms with Crippen molar-refractivity contribution in [3.05, 3.63) is 35.2 Å². The molecule has 2 aliphatic heterocycles. The molecule has 1 saturated heterocycles. The Balaban J connectivity index is 1.72. The number of aryl methyl sites for hydroxylation is 3. The Morgan fingerprint density at radius 3 is 2.61 bits per heavy atom. The average Bonchev–Trinajstić information content (AvgIpc) is 3.35. The minimum atomic E-state index is -4.71. The molecule has 1 fully saturated rings. The highest BCUT2D eigenvalue weighted by Crippen LogP contribution is 2.35. The average molecular weight is 439 g/mol. The number of aliphatic hydroxyl groups is 2. The number of alkyl halides is 3. The Bertz CT molecular complexity index is 1030. The normalized spacial score (nSPS) is 23.4. The molecule has 0 aromatic carbocycles. The molecule has 12 heteroatoms. The van der Waals surface area contributed by atoms with Crippen molar-refractivity contribution in [2.24, 2.45) is 0 Å². The number of hydrogen-bond donors (Lipinski definition) is 2. The summed E-state index contributed by atoms with van der Waals surface area (Å²) in [5, 5.41) is 24.8. The van der Waals surface area contributed by atoms with E-state index in [0.29, 0.717) is 17.5 Å². The number of hydrogen-bond acceptors (Lipinski definition) is 6. The van der Waals surface area contributed by atoms with E-state index in [1.807, 2.05) is 0 Å². The molecule has 0 unspecified atom stereocenters. The maximum absolute atomic E-state index is 13.3. The minimum Gasteiger partial charge on any atom is -0.387 e. The van der Waals surface area contributed by atoms with Gasteiger partial charge in [-0.05, 0) is 31.9 Å². The third kappa shape index (κ3) is 3.55. The van der Waals surface area contributed by atoms with Crippen molar-refractivity contribution in [1.82, 2.24) is 14.8 Å². The Labute approximate surface area is 174 Å². The molecule has 2 aromatic heterocycles. The van der Waals surface area contributed by atoms with Gasteiger partial charge in [0.05, 0.1) is 5.56 Å². The first-order chi connectivity index (χ1) is 14.5. The van der Waals surface area contributed by atoms with Gasteiger partial charge < -0.3 is 10.2 Å². The van der Waals surface area contributed by atoms with Crippen LogP contribution in [0.4, 0.5) is 24.8 Å². The van der Waals surface area contributed by atoms with Gasteiger partial charge in [-0.3, -0.25) is 24.1 Å². The van der Waals surface area contributed by atoms with E-state index < -0.39 is 47.6 Å². The Hall–Kier alpha value is -2.99. The van der Waals surface area contributed by atoms with Crippen molar-refractivity contribution in [2.45, 2.75) is 50.7 Å². The van der Waals surface area contributed by atoms with E-state index in [2.05, 4.69) is 10.1 Å². The lowest BCUT2D eigenvalue weighted by Crippen LogP contribution is -2.50. The molecule has 2 amide bonds. The van der Waals surface area contributed by atoms with Crippen LogP contribution in [0.15, 0.2) is 18.2 Å². The summed E-state index contributed by atoms with van der Waals surface area (Å²) in [5.41, 5.74) is -0.188. The van der Waals surface area contributed by atoms with E-state index in [4.69, 9.17) is 0 Å². The smallest absolute Gasteiger partial charge is 0.387 e. The molecule has 2 aliphatic rings. The lowest BCUT2D eigenvalue weighted by Gasteiger charge is -2.28. The molecular weight excluding hydrogens is 419 g/mol. The predicted molar refractivity (Wildman–Crippen MR) is 101 cm³/mol. The van der Waals surface area contributed by atoms with Gasteiger partial charge in [0.25, 0.3) is 11.8 Å². The Morgan fingerprint density at radius 1 is 1.26 bits per heavy atom. The van der Waals surface area contributed by atoms with Crippen LogP contribution < -0.4 is 9.80 Å². The highest BCUT2D eigenvalue weighted by molar-refractivity contribution is 6.10. The minimum absolute atomic E-state index is 0.0430. The Kier molecular flexibility index (Phi) is 5.01. The van der Waals surface area contributed by atoms with Crippen molar-refractivity contribution >= 4 is 23.5 Å². The lowest BCUT2D eigenvalue weighted by molar-refractivity contribution is -0.137. The fourth-order valence-corrected chi connectivity index (χ4v) is 3.92. The summed E-state index contributed by atoms with van der Waals surface area (Å²) in [4.78, 5) is 31.4. The number of nitrogens with zero attached hydrogens (tertiary/aromatic N) is 5. The molecule has 31 heavy (non-hydrogen) atoms. The molecule has 4 rings (SSSR count). The van der Waals surface area contributed by atoms with E-state index in [-0.39, 0.29) is 11.5 Å². The number of carbonyl (C=O) groups is 2. The number of amides is 2. The third-order valence-electron chi connectivity index (χ3n) is 5.51. The summed E-state index contributed by atoms with van der Waals surface area (Å²) < 4.78 is 41.5. The number of fused-ring (bicyclic) bond motifs is 1. The fraction of sp³-hybridized carbons (Fsp3) is 0.474. The fourth-order valence-electron chi connectivity index (χ4n) is 3.92. The molecule has 2 N–H and O–H groups in total. The SMILES string of the molecule is Cc1cc(C(F)(F)F)cc(N2C(=O)[C@@H](O)[C@@H](O)[C@H]2C(=O)N(C)c2cc3n(n2)CCC3)n1. The van der Waals surface area contributed by atoms with Gasteiger partial charge in [-0.15, -0.1) is 0 Å². The zero-order valence-electron chi connectivity index (χ0n) is 16.7. The van der Waals surface area contributed by atoms with E-state index in [1.165, 1.54) is 14.0 Å². The molecule has 0 aliphatic carbocycles. The zero-order chi connectivity index (χ0) is 22.7. The molecule has 2 aromatic rings. The summed E-state index contributed by atoms with van der Waals surface area (Å²) in [6.45, 7) is 2.00. The first kappa shape index (κ1) is 21.2. The molecule has 0 saturated carbocycles. The van der Waals surface area contributed by atoms with Gasteiger partial charge in [0.1, 0.15) is 18.0 Å². The van der Waals surface area contributed by atoms with Crippen molar-refractivity contribution in [3.63, 3.8) is 0 Å². The maximum Gasteiger partial charge on any atom is 0.416 e. The van der Waals surface area contributed by atoms with Gasteiger partial charge in [0.15, 0.2) is 11.9 Å². The summed E-state index contributed by atoms with van der Waals surface area (Å²) in [6, 6.07) is 1.44. The van der Waals surface area contributed by atoms with Crippen molar-refractivity contribution < 1.29 is 33.0 Å². The highest BCUT2D eigenvalue weighted by atomic mass is 19.4. The molecule has 9 nitrogen and oxygen atoms in total. The van der Waals surface area contributed by atoms with E-state index in [9.17, 15) is 33.0 Å². The van der Waals surface area contributed by atoms with E-state index in [1.54, 1.807) is 10.7 Å². The molecule has 4 heterocycles. The zero-order valence-corrected chi connectivity index (χ0v) is 16.7. The summed E-state index contributed by atoms with van der Waals surface area (Å²) in [7, 11) is 1.38. The van der Waals surface area contributed by atoms with Gasteiger partial charge in [-0.2, -0.15) is 18.3 Å². The molecule has 166 valence electrons. The van der Waals surface area contributed by atoms with Crippen LogP contribution in [0, 0.1) is 6.92 Å². The largest absolute Gasteiger partial charge is 0.416 e. The summed E-state index contributed by atoms with van der Waals surface area (Å²) in [5.74, 6) is -2.13. The van der Waals surface area contributed by atoms with Crippen LogP contribution in [0.2, 0.25) is 0 Å². The standard InChI is InChI=1S/C19H20F3N5O4/c1-9-6-10(19(20,21)22)7-12(23-9)27-14(15(28)16(29)18(27)31)17(30)25(2)13-8-11-4-3-5-26(11)24-13/h6-8,14-16,28-29H,3-5H2,1-2H3/t14-,15-,16-/m0/s1. The van der Waals surface area contributed by atoms with Gasteiger partial charge in [-0.1, -0.05) is 0 Å². The molecule has 0 radical (unpaired) electrons. The second-order valence-electron chi connectivity index (χ2n) is 7.66. The first-order valence-electron chi connectivity index (χ1n) is 9.58. The number of aromatic nitrogens is 3. The molecule has 0 bridgehead atoms. The van der Waals surface area contributed by atoms with Crippen LogP contribution in [0.1, 0.15) is 23.4 Å². The maximum atomic E-state index is 13.3. The van der Waals surface area contributed by atoms with Crippen molar-refractivity contribution in [1.29, 1.82) is 0 Å². The van der Waals surface area contributed by atoms with Gasteiger partial charge in [-0.25, -0.2) is 4.98 Å². The van der Waals surface area contributed by atoms with Crippen LogP contribution in [-0.4, -0.2) is 62.1 Å². The molecule has 3 atom stereocenters. The number of rotatable bonds is 3. The second kappa shape index (κ2) is 7.31. The Morgan fingerprint density at radius 2 is 1.97 bits per heavy atom. The molecular formula is C19H20F3N5O4. The number of likely N-dealkylation sites (N-methyl/N-ethyl adjacent to an activating group) is 1. The number of pyridine rings is 1. The second-order valence-corrected chi connectivity index (χ2v) is 7.66. The summed E-state index contributed by atoms with van der Waals surface area (Å²) in [6.07, 6.45) is -6.83. The summed E-state index contributed by atoms with van der Waals surface area (Å²) >= 11 is 0. The van der Waals surface area contributed by atoms with Gasteiger partial charge >= 0.3 is 6.18 Å². The number of aliphatic hydroxyl groups excluding tert-OH is 2. The van der Waals surface area contributed by atoms with Gasteiger partial charge in [0, 0.05) is 31.0 Å². The van der Waals surface area contributed by atoms with Crippen molar-refractivity contribution in [3.8, 4) is 0 Å². The third-order valence-corrected chi connectivity index (χ3v) is 5.51. The van der Waals surface area contributed by atoms with Crippen molar-refractivity contribution in [2.75, 3.05) is 16.8 Å². The van der Waals surface area contributed by atoms with Crippen LogP contribution in [0.5, 0.6) is 0 Å². The predicted octanol–water partition coefficient (Wildman–Crippen LogP) is 0.652. The van der Waals surface area contributed by atoms with Crippen LogP contribution in [0.25, 0.3) is 0 Å². The quantitative estimate of drug-likeness (QED) is 0.727. The monoisotopic (exact) mass is 439 g/mol. The van der Waals surface area contributed by atoms with E-state index in [0.717, 1.165) is 29.5 Å². The highest BCUT2D eigenvalue weighted by Gasteiger charge is 2.53. The molecule has 0 spiro atoms. The number of carbonyl (C=O) groups excluding carboxylic acids is 2. The van der Waals surface area contributed by atoms with Crippen LogP contribution >= 0.6 is 0 Å². The topological polar surface area (TPSA) is 112 Å².